The van der Waals surface area contributed by atoms with Crippen LogP contribution in [0.2, 0.25) is 0 Å². The number of ether oxygens (including phenoxy) is 1. The molecule has 0 bridgehead atoms. The van der Waals surface area contributed by atoms with Crippen LogP contribution in [-0.4, -0.2) is 6.36 Å². The highest BCUT2D eigenvalue weighted by molar-refractivity contribution is 5.31. The molecule has 1 aromatic rings. The van der Waals surface area contributed by atoms with Crippen molar-refractivity contribution in [2.45, 2.75) is 25.7 Å². The fraction of sp³-hybridized carbons (Fsp3) is 0.333. The predicted molar refractivity (Wildman–Crippen MR) is 59.4 cm³/mol. The highest BCUT2D eigenvalue weighted by Crippen LogP contribution is 2.28. The molecule has 1 rings (SSSR count). The fourth-order valence-electron chi connectivity index (χ4n) is 1.45. The molecule has 6 heteroatoms. The van der Waals surface area contributed by atoms with Crippen LogP contribution in [0.25, 0.3) is 0 Å². The lowest BCUT2D eigenvalue weighted by atomic mass is 10.0. The molecule has 2 nitrogen and oxygen atoms in total. The molecule has 100 valence electrons. The summed E-state index contributed by atoms with van der Waals surface area (Å²) in [4.78, 5) is 0. The summed E-state index contributed by atoms with van der Waals surface area (Å²) in [6.45, 7) is 5.42. The molecule has 18 heavy (non-hydrogen) atoms. The van der Waals surface area contributed by atoms with E-state index in [1.165, 1.54) is 6.07 Å². The van der Waals surface area contributed by atoms with Crippen molar-refractivity contribution in [3.63, 3.8) is 0 Å². The third-order valence-corrected chi connectivity index (χ3v) is 2.18. The van der Waals surface area contributed by atoms with E-state index in [0.29, 0.717) is 12.0 Å². The second kappa shape index (κ2) is 5.39. The lowest BCUT2D eigenvalue weighted by Crippen LogP contribution is -2.18. The maximum Gasteiger partial charge on any atom is 0.573 e. The zero-order chi connectivity index (χ0) is 13.9. The zero-order valence-corrected chi connectivity index (χ0v) is 9.72. The van der Waals surface area contributed by atoms with E-state index in [9.17, 15) is 17.6 Å². The van der Waals surface area contributed by atoms with E-state index in [1.807, 2.05) is 0 Å². The molecule has 0 fully saturated rings. The SMILES string of the molecule is C=C(C)C[C@H](N)c1ccc(OC(F)(F)F)c(F)c1. The number of rotatable bonds is 4. The van der Waals surface area contributed by atoms with E-state index < -0.39 is 24.0 Å². The predicted octanol–water partition coefficient (Wildman–Crippen LogP) is 3.69. The second-order valence-corrected chi connectivity index (χ2v) is 4.01. The van der Waals surface area contributed by atoms with Crippen molar-refractivity contribution in [2.24, 2.45) is 5.73 Å². The summed E-state index contributed by atoms with van der Waals surface area (Å²) >= 11 is 0. The van der Waals surface area contributed by atoms with Gasteiger partial charge in [-0.3, -0.25) is 0 Å². The number of benzene rings is 1. The van der Waals surface area contributed by atoms with E-state index in [2.05, 4.69) is 11.3 Å². The Labute approximate surface area is 102 Å². The molecule has 0 heterocycles. The van der Waals surface area contributed by atoms with E-state index in [-0.39, 0.29) is 0 Å². The Balaban J connectivity index is 2.88. The fourth-order valence-corrected chi connectivity index (χ4v) is 1.45. The van der Waals surface area contributed by atoms with Gasteiger partial charge in [-0.2, -0.15) is 0 Å². The van der Waals surface area contributed by atoms with Crippen LogP contribution < -0.4 is 10.5 Å². The Bertz CT molecular complexity index is 442. The first-order chi connectivity index (χ1) is 8.19. The molecule has 0 aliphatic rings. The summed E-state index contributed by atoms with van der Waals surface area (Å²) in [5, 5.41) is 0. The van der Waals surface area contributed by atoms with Crippen LogP contribution in [0.3, 0.4) is 0 Å². The topological polar surface area (TPSA) is 35.2 Å². The van der Waals surface area contributed by atoms with Gasteiger partial charge in [-0.1, -0.05) is 11.6 Å². The minimum atomic E-state index is -4.91. The van der Waals surface area contributed by atoms with Crippen LogP contribution >= 0.6 is 0 Å². The number of hydrogen-bond donors (Lipinski definition) is 1. The van der Waals surface area contributed by atoms with Crippen LogP contribution in [0, 0.1) is 5.82 Å². The monoisotopic (exact) mass is 263 g/mol. The molecule has 0 saturated carbocycles. The van der Waals surface area contributed by atoms with Crippen molar-refractivity contribution in [3.8, 4) is 5.75 Å². The van der Waals surface area contributed by atoms with Gasteiger partial charge in [0.1, 0.15) is 0 Å². The maximum atomic E-state index is 13.4. The molecule has 2 N–H and O–H groups in total. The van der Waals surface area contributed by atoms with Gasteiger partial charge >= 0.3 is 6.36 Å². The van der Waals surface area contributed by atoms with Crippen molar-refractivity contribution < 1.29 is 22.3 Å². The molecule has 1 atom stereocenters. The number of hydrogen-bond acceptors (Lipinski definition) is 2. The first kappa shape index (κ1) is 14.5. The summed E-state index contributed by atoms with van der Waals surface area (Å²) in [6.07, 6.45) is -4.49. The summed E-state index contributed by atoms with van der Waals surface area (Å²) in [5.41, 5.74) is 6.95. The molecule has 0 spiro atoms. The molecule has 0 aliphatic heterocycles. The van der Waals surface area contributed by atoms with Crippen LogP contribution in [0.1, 0.15) is 24.9 Å². The van der Waals surface area contributed by atoms with Crippen LogP contribution in [-0.2, 0) is 0 Å². The summed E-state index contributed by atoms with van der Waals surface area (Å²) in [6, 6.07) is 2.65. The minimum absolute atomic E-state index is 0.394. The zero-order valence-electron chi connectivity index (χ0n) is 9.72. The van der Waals surface area contributed by atoms with Gasteiger partial charge in [-0.15, -0.1) is 19.8 Å². The molecular formula is C12H13F4NO. The lowest BCUT2D eigenvalue weighted by molar-refractivity contribution is -0.275. The molecule has 0 aliphatic carbocycles. The Hall–Kier alpha value is -1.56. The average Bonchev–Trinajstić information content (AvgIpc) is 2.18. The Morgan fingerprint density at radius 1 is 1.44 bits per heavy atom. The molecule has 0 radical (unpaired) electrons. The van der Waals surface area contributed by atoms with Gasteiger partial charge in [0.25, 0.3) is 0 Å². The normalized spacial score (nSPS) is 13.2. The number of halogens is 4. The van der Waals surface area contributed by atoms with Crippen molar-refractivity contribution in [2.75, 3.05) is 0 Å². The average molecular weight is 263 g/mol. The van der Waals surface area contributed by atoms with Crippen molar-refractivity contribution in [1.82, 2.24) is 0 Å². The van der Waals surface area contributed by atoms with Crippen LogP contribution in [0.4, 0.5) is 17.6 Å². The van der Waals surface area contributed by atoms with Gasteiger partial charge in [0.2, 0.25) is 0 Å². The largest absolute Gasteiger partial charge is 0.573 e. The van der Waals surface area contributed by atoms with Gasteiger partial charge in [0.15, 0.2) is 11.6 Å². The van der Waals surface area contributed by atoms with E-state index in [0.717, 1.165) is 17.7 Å². The Kier molecular flexibility index (Phi) is 4.34. The molecule has 0 amide bonds. The quantitative estimate of drug-likeness (QED) is 0.664. The summed E-state index contributed by atoms with van der Waals surface area (Å²) < 4.78 is 52.7. The summed E-state index contributed by atoms with van der Waals surface area (Å²) in [5.74, 6) is -1.96. The number of alkyl halides is 3. The highest BCUT2D eigenvalue weighted by atomic mass is 19.4. The van der Waals surface area contributed by atoms with Gasteiger partial charge in [-0.25, -0.2) is 4.39 Å². The Morgan fingerprint density at radius 3 is 2.50 bits per heavy atom. The maximum absolute atomic E-state index is 13.4. The second-order valence-electron chi connectivity index (χ2n) is 4.01. The summed E-state index contributed by atoms with van der Waals surface area (Å²) in [7, 11) is 0. The smallest absolute Gasteiger partial charge is 0.403 e. The third kappa shape index (κ3) is 4.37. The van der Waals surface area contributed by atoms with Gasteiger partial charge < -0.3 is 10.5 Å². The van der Waals surface area contributed by atoms with Crippen LogP contribution in [0.15, 0.2) is 30.4 Å². The molecule has 0 saturated heterocycles. The van der Waals surface area contributed by atoms with E-state index >= 15 is 0 Å². The molecule has 0 unspecified atom stereocenters. The number of nitrogens with two attached hydrogens (primary N) is 1. The van der Waals surface area contributed by atoms with Gasteiger partial charge in [0, 0.05) is 6.04 Å². The van der Waals surface area contributed by atoms with Gasteiger partial charge in [0.05, 0.1) is 0 Å². The van der Waals surface area contributed by atoms with Crippen molar-refractivity contribution in [3.05, 3.63) is 41.7 Å². The molecule has 0 aromatic heterocycles. The van der Waals surface area contributed by atoms with E-state index in [4.69, 9.17) is 5.73 Å². The Morgan fingerprint density at radius 2 is 2.06 bits per heavy atom. The molecule has 1 aromatic carbocycles. The third-order valence-electron chi connectivity index (χ3n) is 2.18. The highest BCUT2D eigenvalue weighted by Gasteiger charge is 2.32. The standard InChI is InChI=1S/C12H13F4NO/c1-7(2)5-10(17)8-3-4-11(9(13)6-8)18-12(14,15)16/h3-4,6,10H,1,5,17H2,2H3/t10-/m0/s1. The van der Waals surface area contributed by atoms with Gasteiger partial charge in [-0.05, 0) is 31.0 Å². The molecular weight excluding hydrogens is 250 g/mol. The first-order valence-electron chi connectivity index (χ1n) is 5.14. The van der Waals surface area contributed by atoms with Crippen molar-refractivity contribution in [1.29, 1.82) is 0 Å². The van der Waals surface area contributed by atoms with E-state index in [1.54, 1.807) is 6.92 Å². The lowest BCUT2D eigenvalue weighted by Gasteiger charge is -2.14. The first-order valence-corrected chi connectivity index (χ1v) is 5.14. The van der Waals surface area contributed by atoms with Crippen molar-refractivity contribution >= 4 is 0 Å². The van der Waals surface area contributed by atoms with Crippen LogP contribution in [0.5, 0.6) is 5.75 Å². The minimum Gasteiger partial charge on any atom is -0.403 e.